The van der Waals surface area contributed by atoms with Crippen molar-refractivity contribution in [3.63, 3.8) is 0 Å². The summed E-state index contributed by atoms with van der Waals surface area (Å²) in [5.41, 5.74) is 0.941. The van der Waals surface area contributed by atoms with E-state index in [9.17, 15) is 8.42 Å². The quantitative estimate of drug-likeness (QED) is 0.886. The molecular weight excluding hydrogens is 272 g/mol. The van der Waals surface area contributed by atoms with Crippen molar-refractivity contribution in [2.75, 3.05) is 13.1 Å². The number of rotatable bonds is 4. The van der Waals surface area contributed by atoms with Crippen molar-refractivity contribution in [2.45, 2.75) is 30.7 Å². The van der Waals surface area contributed by atoms with Gasteiger partial charge in [-0.25, -0.2) is 13.1 Å². The molecule has 2 N–H and O–H groups in total. The molecule has 0 spiro atoms. The summed E-state index contributed by atoms with van der Waals surface area (Å²) >= 11 is 5.97. The number of nitrogens with one attached hydrogen (secondary N) is 2. The van der Waals surface area contributed by atoms with Crippen LogP contribution in [-0.4, -0.2) is 27.5 Å². The van der Waals surface area contributed by atoms with Gasteiger partial charge in [0.2, 0.25) is 10.0 Å². The van der Waals surface area contributed by atoms with Gasteiger partial charge in [0.15, 0.2) is 0 Å². The molecule has 6 heteroatoms. The average Bonchev–Trinajstić information content (AvgIpc) is 2.78. The first-order valence-electron chi connectivity index (χ1n) is 5.98. The standard InChI is InChI=1S/C12H17ClN2O2S/c1-9-4-5-12(11(13)7-9)18(16,17)15-8-10-3-2-6-14-10/h4-5,7,10,14-15H,2-3,6,8H2,1H3/t10-/m1/s1. The number of halogens is 1. The maximum absolute atomic E-state index is 12.1. The molecule has 18 heavy (non-hydrogen) atoms. The van der Waals surface area contributed by atoms with Crippen molar-refractivity contribution < 1.29 is 8.42 Å². The lowest BCUT2D eigenvalue weighted by atomic mass is 10.2. The largest absolute Gasteiger partial charge is 0.313 e. The molecule has 2 rings (SSSR count). The van der Waals surface area contributed by atoms with Crippen LogP contribution < -0.4 is 10.0 Å². The Labute approximate surface area is 113 Å². The summed E-state index contributed by atoms with van der Waals surface area (Å²) in [6.45, 7) is 3.24. The van der Waals surface area contributed by atoms with Gasteiger partial charge in [0, 0.05) is 12.6 Å². The molecule has 1 aromatic rings. The number of sulfonamides is 1. The summed E-state index contributed by atoms with van der Waals surface area (Å²) in [5.74, 6) is 0. The molecule has 100 valence electrons. The minimum Gasteiger partial charge on any atom is -0.313 e. The van der Waals surface area contributed by atoms with E-state index in [2.05, 4.69) is 10.0 Å². The van der Waals surface area contributed by atoms with E-state index >= 15 is 0 Å². The van der Waals surface area contributed by atoms with E-state index in [1.54, 1.807) is 18.2 Å². The van der Waals surface area contributed by atoms with E-state index in [1.165, 1.54) is 0 Å². The van der Waals surface area contributed by atoms with Crippen LogP contribution in [0.4, 0.5) is 0 Å². The second-order valence-electron chi connectivity index (χ2n) is 4.58. The first kappa shape index (κ1) is 13.8. The smallest absolute Gasteiger partial charge is 0.242 e. The number of hydrogen-bond acceptors (Lipinski definition) is 3. The van der Waals surface area contributed by atoms with Gasteiger partial charge in [0.25, 0.3) is 0 Å². The van der Waals surface area contributed by atoms with E-state index in [0.29, 0.717) is 6.54 Å². The summed E-state index contributed by atoms with van der Waals surface area (Å²) in [7, 11) is -3.52. The minimum absolute atomic E-state index is 0.146. The predicted octanol–water partition coefficient (Wildman–Crippen LogP) is 1.68. The highest BCUT2D eigenvalue weighted by Gasteiger charge is 2.21. The van der Waals surface area contributed by atoms with Crippen LogP contribution in [0.2, 0.25) is 5.02 Å². The van der Waals surface area contributed by atoms with Gasteiger partial charge < -0.3 is 5.32 Å². The molecule has 0 bridgehead atoms. The van der Waals surface area contributed by atoms with Gasteiger partial charge in [-0.05, 0) is 44.0 Å². The normalized spacial score (nSPS) is 20.2. The summed E-state index contributed by atoms with van der Waals surface area (Å²) < 4.78 is 26.8. The van der Waals surface area contributed by atoms with Gasteiger partial charge in [-0.1, -0.05) is 17.7 Å². The van der Waals surface area contributed by atoms with Gasteiger partial charge in [-0.15, -0.1) is 0 Å². The zero-order chi connectivity index (χ0) is 13.2. The fraction of sp³-hybridized carbons (Fsp3) is 0.500. The molecule has 1 atom stereocenters. The molecule has 1 aliphatic rings. The molecule has 4 nitrogen and oxygen atoms in total. The molecule has 1 aliphatic heterocycles. The summed E-state index contributed by atoms with van der Waals surface area (Å²) in [4.78, 5) is 0.146. The van der Waals surface area contributed by atoms with Crippen LogP contribution in [0.1, 0.15) is 18.4 Å². The SMILES string of the molecule is Cc1ccc(S(=O)(=O)NC[C@H]2CCCN2)c(Cl)c1. The fourth-order valence-corrected chi connectivity index (χ4v) is 3.72. The predicted molar refractivity (Wildman–Crippen MR) is 72.4 cm³/mol. The monoisotopic (exact) mass is 288 g/mol. The maximum Gasteiger partial charge on any atom is 0.242 e. The Balaban J connectivity index is 2.09. The highest BCUT2D eigenvalue weighted by atomic mass is 35.5. The molecule has 0 amide bonds. The summed E-state index contributed by atoms with van der Waals surface area (Å²) in [6.07, 6.45) is 2.10. The first-order valence-corrected chi connectivity index (χ1v) is 7.84. The molecule has 1 fully saturated rings. The zero-order valence-corrected chi connectivity index (χ0v) is 11.8. The maximum atomic E-state index is 12.1. The highest BCUT2D eigenvalue weighted by Crippen LogP contribution is 2.22. The second kappa shape index (κ2) is 5.57. The van der Waals surface area contributed by atoms with Gasteiger partial charge in [-0.2, -0.15) is 0 Å². The van der Waals surface area contributed by atoms with Crippen molar-refractivity contribution in [2.24, 2.45) is 0 Å². The van der Waals surface area contributed by atoms with Gasteiger partial charge in [0.05, 0.1) is 5.02 Å². The average molecular weight is 289 g/mol. The van der Waals surface area contributed by atoms with E-state index in [0.717, 1.165) is 24.9 Å². The van der Waals surface area contributed by atoms with Crippen LogP contribution in [0.3, 0.4) is 0 Å². The van der Waals surface area contributed by atoms with Crippen LogP contribution in [0.15, 0.2) is 23.1 Å². The molecule has 0 aromatic heterocycles. The molecule has 1 heterocycles. The lowest BCUT2D eigenvalue weighted by Crippen LogP contribution is -2.37. The summed E-state index contributed by atoms with van der Waals surface area (Å²) in [6, 6.07) is 5.17. The van der Waals surface area contributed by atoms with Crippen LogP contribution in [0, 0.1) is 6.92 Å². The van der Waals surface area contributed by atoms with E-state index in [1.807, 2.05) is 6.92 Å². The Bertz CT molecular complexity index is 525. The van der Waals surface area contributed by atoms with Crippen LogP contribution in [0.25, 0.3) is 0 Å². The minimum atomic E-state index is -3.52. The Hall–Kier alpha value is -0.620. The Kier molecular flexibility index (Phi) is 4.27. The van der Waals surface area contributed by atoms with Crippen LogP contribution >= 0.6 is 11.6 Å². The second-order valence-corrected chi connectivity index (χ2v) is 6.72. The Morgan fingerprint density at radius 3 is 2.89 bits per heavy atom. The number of aryl methyl sites for hydroxylation is 1. The Morgan fingerprint density at radius 2 is 2.28 bits per heavy atom. The first-order chi connectivity index (χ1) is 8.49. The zero-order valence-electron chi connectivity index (χ0n) is 10.2. The third-order valence-corrected chi connectivity index (χ3v) is 4.97. The van der Waals surface area contributed by atoms with Crippen LogP contribution in [0.5, 0.6) is 0 Å². The lowest BCUT2D eigenvalue weighted by molar-refractivity contribution is 0.552. The van der Waals surface area contributed by atoms with E-state index in [4.69, 9.17) is 11.6 Å². The third-order valence-electron chi connectivity index (χ3n) is 3.06. The van der Waals surface area contributed by atoms with E-state index in [-0.39, 0.29) is 16.0 Å². The van der Waals surface area contributed by atoms with E-state index < -0.39 is 10.0 Å². The van der Waals surface area contributed by atoms with Gasteiger partial charge >= 0.3 is 0 Å². The molecule has 1 saturated heterocycles. The summed E-state index contributed by atoms with van der Waals surface area (Å²) in [5, 5.41) is 3.51. The molecule has 0 radical (unpaired) electrons. The lowest BCUT2D eigenvalue weighted by Gasteiger charge is -2.13. The molecule has 0 saturated carbocycles. The third kappa shape index (κ3) is 3.23. The van der Waals surface area contributed by atoms with Crippen LogP contribution in [-0.2, 0) is 10.0 Å². The number of benzene rings is 1. The van der Waals surface area contributed by atoms with Gasteiger partial charge in [0.1, 0.15) is 4.90 Å². The van der Waals surface area contributed by atoms with Crippen molar-refractivity contribution in [3.8, 4) is 0 Å². The Morgan fingerprint density at radius 1 is 1.50 bits per heavy atom. The molecular formula is C12H17ClN2O2S. The van der Waals surface area contributed by atoms with Crippen molar-refractivity contribution in [1.29, 1.82) is 0 Å². The van der Waals surface area contributed by atoms with Crippen molar-refractivity contribution >= 4 is 21.6 Å². The van der Waals surface area contributed by atoms with Gasteiger partial charge in [-0.3, -0.25) is 0 Å². The fourth-order valence-electron chi connectivity index (χ4n) is 2.04. The molecule has 1 aromatic carbocycles. The topological polar surface area (TPSA) is 58.2 Å². The highest BCUT2D eigenvalue weighted by molar-refractivity contribution is 7.89. The molecule has 0 aliphatic carbocycles. The van der Waals surface area contributed by atoms with Crippen molar-refractivity contribution in [3.05, 3.63) is 28.8 Å². The number of hydrogen-bond donors (Lipinski definition) is 2. The molecule has 0 unspecified atom stereocenters. The van der Waals surface area contributed by atoms with Crippen molar-refractivity contribution in [1.82, 2.24) is 10.0 Å².